The molecule has 2 heteroatoms. The van der Waals surface area contributed by atoms with Gasteiger partial charge in [0, 0.05) is 5.56 Å². The molecule has 0 spiro atoms. The summed E-state index contributed by atoms with van der Waals surface area (Å²) >= 11 is 0. The molecule has 62 valence electrons. The Morgan fingerprint density at radius 1 is 1.17 bits per heavy atom. The number of carbonyl (C=O) groups is 1. The van der Waals surface area contributed by atoms with Crippen LogP contribution in [0.2, 0.25) is 0 Å². The fourth-order valence-electron chi connectivity index (χ4n) is 0.874. The van der Waals surface area contributed by atoms with Gasteiger partial charge in [0.15, 0.2) is 0 Å². The Morgan fingerprint density at radius 2 is 1.75 bits per heavy atom. The van der Waals surface area contributed by atoms with E-state index in [9.17, 15) is 4.79 Å². The monoisotopic (exact) mass is 162 g/mol. The summed E-state index contributed by atoms with van der Waals surface area (Å²) in [4.78, 5) is 10.3. The van der Waals surface area contributed by atoms with Gasteiger partial charge in [0.1, 0.15) is 6.29 Å². The molecule has 12 heavy (non-hydrogen) atoms. The maximum Gasteiger partial charge on any atom is 0.150 e. The van der Waals surface area contributed by atoms with Crippen molar-refractivity contribution in [3.05, 3.63) is 41.5 Å². The third-order valence-electron chi connectivity index (χ3n) is 1.49. The van der Waals surface area contributed by atoms with Crippen LogP contribution in [0.25, 0.3) is 6.08 Å². The van der Waals surface area contributed by atoms with Crippen LogP contribution in [0.5, 0.6) is 0 Å². The van der Waals surface area contributed by atoms with E-state index in [1.54, 1.807) is 24.3 Å². The first kappa shape index (κ1) is 8.68. The molecule has 0 aromatic heterocycles. The minimum absolute atomic E-state index is 0.0371. The Bertz CT molecular complexity index is 272. The van der Waals surface area contributed by atoms with E-state index in [-0.39, 0.29) is 6.61 Å². The van der Waals surface area contributed by atoms with E-state index in [2.05, 4.69) is 0 Å². The Balaban J connectivity index is 2.77. The Morgan fingerprint density at radius 3 is 2.25 bits per heavy atom. The summed E-state index contributed by atoms with van der Waals surface area (Å²) < 4.78 is 0. The Labute approximate surface area is 71.2 Å². The summed E-state index contributed by atoms with van der Waals surface area (Å²) in [5.74, 6) is 0. The molecule has 0 atom stereocenters. The molecule has 2 nitrogen and oxygen atoms in total. The Kier molecular flexibility index (Phi) is 3.23. The summed E-state index contributed by atoms with van der Waals surface area (Å²) in [5.41, 5.74) is 1.64. The van der Waals surface area contributed by atoms with E-state index in [1.165, 1.54) is 0 Å². The van der Waals surface area contributed by atoms with Gasteiger partial charge < -0.3 is 5.11 Å². The lowest BCUT2D eigenvalue weighted by atomic mass is 10.1. The molecule has 0 aliphatic heterocycles. The molecule has 0 saturated carbocycles. The molecule has 0 heterocycles. The van der Waals surface area contributed by atoms with Crippen LogP contribution < -0.4 is 0 Å². The standard InChI is InChI=1S/C10H10O2/c11-7-1-2-9-3-5-10(8-12)6-4-9/h1-6,8,11H,7H2/b2-1+. The van der Waals surface area contributed by atoms with Crippen molar-refractivity contribution in [2.75, 3.05) is 6.61 Å². The maximum atomic E-state index is 10.3. The van der Waals surface area contributed by atoms with Crippen LogP contribution in [0, 0.1) is 0 Å². The van der Waals surface area contributed by atoms with Crippen LogP contribution in [0.1, 0.15) is 15.9 Å². The van der Waals surface area contributed by atoms with Gasteiger partial charge in [0.2, 0.25) is 0 Å². The minimum atomic E-state index is 0.0371. The lowest BCUT2D eigenvalue weighted by Crippen LogP contribution is -1.79. The third-order valence-corrected chi connectivity index (χ3v) is 1.49. The first-order valence-electron chi connectivity index (χ1n) is 3.69. The highest BCUT2D eigenvalue weighted by atomic mass is 16.2. The molecule has 1 aromatic carbocycles. The van der Waals surface area contributed by atoms with Crippen molar-refractivity contribution in [1.29, 1.82) is 0 Å². The van der Waals surface area contributed by atoms with E-state index >= 15 is 0 Å². The van der Waals surface area contributed by atoms with E-state index in [0.29, 0.717) is 5.56 Å². The molecule has 0 aliphatic rings. The molecule has 0 fully saturated rings. The van der Waals surface area contributed by atoms with Crippen molar-refractivity contribution in [3.63, 3.8) is 0 Å². The summed E-state index contributed by atoms with van der Waals surface area (Å²) in [5, 5.41) is 8.49. The largest absolute Gasteiger partial charge is 0.392 e. The van der Waals surface area contributed by atoms with Crippen molar-refractivity contribution >= 4 is 12.4 Å². The van der Waals surface area contributed by atoms with Crippen LogP contribution >= 0.6 is 0 Å². The molecular formula is C10H10O2. The quantitative estimate of drug-likeness (QED) is 0.684. The van der Waals surface area contributed by atoms with Crippen LogP contribution in [-0.2, 0) is 0 Å². The van der Waals surface area contributed by atoms with Crippen LogP contribution in [0.15, 0.2) is 30.3 Å². The van der Waals surface area contributed by atoms with Gasteiger partial charge in [0.25, 0.3) is 0 Å². The number of hydrogen-bond donors (Lipinski definition) is 1. The first-order chi connectivity index (χ1) is 5.86. The maximum absolute atomic E-state index is 10.3. The molecule has 0 aliphatic carbocycles. The second-order valence-electron chi connectivity index (χ2n) is 2.37. The molecule has 1 N–H and O–H groups in total. The van der Waals surface area contributed by atoms with E-state index < -0.39 is 0 Å². The minimum Gasteiger partial charge on any atom is -0.392 e. The lowest BCUT2D eigenvalue weighted by Gasteiger charge is -1.92. The van der Waals surface area contributed by atoms with E-state index in [0.717, 1.165) is 11.8 Å². The lowest BCUT2D eigenvalue weighted by molar-refractivity contribution is 0.112. The highest BCUT2D eigenvalue weighted by Crippen LogP contribution is 2.03. The number of aliphatic hydroxyl groups is 1. The highest BCUT2D eigenvalue weighted by Gasteiger charge is 1.88. The van der Waals surface area contributed by atoms with Crippen molar-refractivity contribution < 1.29 is 9.90 Å². The van der Waals surface area contributed by atoms with Crippen LogP contribution in [0.3, 0.4) is 0 Å². The summed E-state index contributed by atoms with van der Waals surface area (Å²) in [7, 11) is 0. The SMILES string of the molecule is O=Cc1ccc(/C=C/CO)cc1. The molecule has 1 aromatic rings. The second kappa shape index (κ2) is 4.46. The van der Waals surface area contributed by atoms with Gasteiger partial charge in [-0.05, 0) is 5.56 Å². The Hall–Kier alpha value is -1.41. The zero-order valence-corrected chi connectivity index (χ0v) is 6.60. The average molecular weight is 162 g/mol. The van der Waals surface area contributed by atoms with Gasteiger partial charge in [-0.2, -0.15) is 0 Å². The number of hydrogen-bond acceptors (Lipinski definition) is 2. The molecular weight excluding hydrogens is 152 g/mol. The molecule has 0 unspecified atom stereocenters. The highest BCUT2D eigenvalue weighted by molar-refractivity contribution is 5.75. The van der Waals surface area contributed by atoms with Gasteiger partial charge in [-0.15, -0.1) is 0 Å². The van der Waals surface area contributed by atoms with Gasteiger partial charge in [-0.1, -0.05) is 36.4 Å². The van der Waals surface area contributed by atoms with Gasteiger partial charge >= 0.3 is 0 Å². The molecule has 1 rings (SSSR count). The third kappa shape index (κ3) is 2.32. The predicted octanol–water partition coefficient (Wildman–Crippen LogP) is 1.50. The summed E-state index contributed by atoms with van der Waals surface area (Å²) in [6, 6.07) is 7.14. The second-order valence-corrected chi connectivity index (χ2v) is 2.37. The van der Waals surface area contributed by atoms with Gasteiger partial charge in [0.05, 0.1) is 6.61 Å². The number of aliphatic hydroxyl groups excluding tert-OH is 1. The normalized spacial score (nSPS) is 10.4. The molecule has 0 saturated heterocycles. The van der Waals surface area contributed by atoms with Crippen LogP contribution in [0.4, 0.5) is 0 Å². The zero-order valence-electron chi connectivity index (χ0n) is 6.60. The van der Waals surface area contributed by atoms with E-state index in [1.807, 2.05) is 12.1 Å². The topological polar surface area (TPSA) is 37.3 Å². The fourth-order valence-corrected chi connectivity index (χ4v) is 0.874. The summed E-state index contributed by atoms with van der Waals surface area (Å²) in [6.07, 6.45) is 4.25. The average Bonchev–Trinajstić information content (AvgIpc) is 2.15. The van der Waals surface area contributed by atoms with Gasteiger partial charge in [-0.25, -0.2) is 0 Å². The van der Waals surface area contributed by atoms with Crippen molar-refractivity contribution in [2.24, 2.45) is 0 Å². The zero-order chi connectivity index (χ0) is 8.81. The van der Waals surface area contributed by atoms with Crippen LogP contribution in [-0.4, -0.2) is 18.0 Å². The number of aldehydes is 1. The number of carbonyl (C=O) groups excluding carboxylic acids is 1. The number of rotatable bonds is 3. The number of benzene rings is 1. The predicted molar refractivity (Wildman–Crippen MR) is 47.9 cm³/mol. The smallest absolute Gasteiger partial charge is 0.150 e. The van der Waals surface area contributed by atoms with Gasteiger partial charge in [-0.3, -0.25) is 4.79 Å². The first-order valence-corrected chi connectivity index (χ1v) is 3.69. The molecule has 0 bridgehead atoms. The summed E-state index contributed by atoms with van der Waals surface area (Å²) in [6.45, 7) is 0.0371. The molecule has 0 amide bonds. The van der Waals surface area contributed by atoms with Crippen molar-refractivity contribution in [2.45, 2.75) is 0 Å². The molecule has 0 radical (unpaired) electrons. The van der Waals surface area contributed by atoms with Crippen molar-refractivity contribution in [1.82, 2.24) is 0 Å². The van der Waals surface area contributed by atoms with E-state index in [4.69, 9.17) is 5.11 Å². The van der Waals surface area contributed by atoms with Crippen molar-refractivity contribution in [3.8, 4) is 0 Å². The fraction of sp³-hybridized carbons (Fsp3) is 0.100.